The lowest BCUT2D eigenvalue weighted by Crippen LogP contribution is -2.44. The zero-order valence-corrected chi connectivity index (χ0v) is 20.8. The molecule has 0 aliphatic heterocycles. The van der Waals surface area contributed by atoms with Crippen molar-refractivity contribution in [1.29, 1.82) is 0 Å². The van der Waals surface area contributed by atoms with Crippen LogP contribution >= 0.6 is 11.3 Å². The molecule has 182 valence electrons. The van der Waals surface area contributed by atoms with Gasteiger partial charge in [0.1, 0.15) is 7.11 Å². The molecule has 3 aliphatic rings. The average molecular weight is 486 g/mol. The van der Waals surface area contributed by atoms with Crippen LogP contribution in [0, 0.1) is 35.9 Å². The van der Waals surface area contributed by atoms with Crippen LogP contribution in [-0.4, -0.2) is 28.8 Å². The number of hydrogen-bond donors (Lipinski definition) is 2. The molecular formula is C26H32FN3O3S. The summed E-state index contributed by atoms with van der Waals surface area (Å²) < 4.78 is 14.7. The summed E-state index contributed by atoms with van der Waals surface area (Å²) in [4.78, 5) is 23.2. The van der Waals surface area contributed by atoms with Crippen LogP contribution in [0.25, 0.3) is 0 Å². The zero-order valence-electron chi connectivity index (χ0n) is 19.9. The number of amides is 1. The summed E-state index contributed by atoms with van der Waals surface area (Å²) in [6, 6.07) is 3.42. The Morgan fingerprint density at radius 2 is 2.24 bits per heavy atom. The van der Waals surface area contributed by atoms with E-state index >= 15 is 0 Å². The Kier molecular flexibility index (Phi) is 6.12. The van der Waals surface area contributed by atoms with Gasteiger partial charge in [0.25, 0.3) is 0 Å². The minimum Gasteiger partial charge on any atom is -0.505 e. The Morgan fingerprint density at radius 3 is 2.97 bits per heavy atom. The molecule has 6 nitrogen and oxygen atoms in total. The minimum atomic E-state index is -0.456. The molecule has 2 fully saturated rings. The van der Waals surface area contributed by atoms with Crippen molar-refractivity contribution in [3.05, 3.63) is 40.2 Å². The summed E-state index contributed by atoms with van der Waals surface area (Å²) in [6.07, 6.45) is 7.26. The predicted octanol–water partition coefficient (Wildman–Crippen LogP) is 5.80. The van der Waals surface area contributed by atoms with E-state index in [-0.39, 0.29) is 23.0 Å². The summed E-state index contributed by atoms with van der Waals surface area (Å²) in [6.45, 7) is 4.27. The number of carbonyl (C=O) groups excluding carboxylic acids is 1. The molecule has 2 N–H and O–H groups in total. The number of nitrogens with one attached hydrogen (secondary N) is 1. The van der Waals surface area contributed by atoms with E-state index in [2.05, 4.69) is 22.4 Å². The number of oxime groups is 1. The number of anilines is 1. The van der Waals surface area contributed by atoms with Crippen LogP contribution in [0.5, 0.6) is 5.75 Å². The highest BCUT2D eigenvalue weighted by molar-refractivity contribution is 7.15. The van der Waals surface area contributed by atoms with Crippen LogP contribution in [0.15, 0.2) is 23.5 Å². The number of hydrogen-bond acceptors (Lipinski definition) is 6. The largest absolute Gasteiger partial charge is 0.505 e. The molecule has 1 aromatic heterocycles. The van der Waals surface area contributed by atoms with E-state index in [0.29, 0.717) is 41.3 Å². The van der Waals surface area contributed by atoms with Crippen LogP contribution in [0.2, 0.25) is 0 Å². The van der Waals surface area contributed by atoms with Crippen LogP contribution in [0.4, 0.5) is 9.52 Å². The number of aryl methyl sites for hydroxylation is 1. The molecular weight excluding hydrogens is 453 g/mol. The highest BCUT2D eigenvalue weighted by Crippen LogP contribution is 2.62. The molecule has 1 heterocycles. The molecule has 8 heteroatoms. The van der Waals surface area contributed by atoms with Crippen LogP contribution in [0.1, 0.15) is 67.4 Å². The van der Waals surface area contributed by atoms with Gasteiger partial charge < -0.3 is 15.3 Å². The normalized spacial score (nSPS) is 31.0. The van der Waals surface area contributed by atoms with Gasteiger partial charge in [-0.05, 0) is 86.3 Å². The van der Waals surface area contributed by atoms with Gasteiger partial charge >= 0.3 is 0 Å². The highest BCUT2D eigenvalue weighted by atomic mass is 32.1. The second-order valence-electron chi connectivity index (χ2n) is 10.3. The van der Waals surface area contributed by atoms with Gasteiger partial charge in [-0.1, -0.05) is 18.1 Å². The van der Waals surface area contributed by atoms with E-state index in [1.807, 2.05) is 13.0 Å². The van der Waals surface area contributed by atoms with Crippen molar-refractivity contribution >= 4 is 28.1 Å². The Labute approximate surface area is 203 Å². The monoisotopic (exact) mass is 485 g/mol. The molecule has 0 spiro atoms. The van der Waals surface area contributed by atoms with Gasteiger partial charge in [0.05, 0.1) is 5.71 Å². The fraction of sp³-hybridized carbons (Fsp3) is 0.577. The Hall–Kier alpha value is -2.48. The first-order chi connectivity index (χ1) is 16.3. The third kappa shape index (κ3) is 3.89. The second-order valence-corrected chi connectivity index (χ2v) is 11.5. The standard InChI is InChI=1S/C26H32FN3O3S/c1-14-13-28-25(34-14)29-22(32)9-4-15-12-21(30-33-3)26(2)11-10-17-16-7-8-20(31)24(27)19(16)6-5-18(17)23(15)26/h7-8,13,15,17-18,23,31H,4-6,9-12H2,1-3H3,(H,28,29,32)/b30-21+. The highest BCUT2D eigenvalue weighted by Gasteiger charge is 2.57. The Morgan fingerprint density at radius 1 is 1.41 bits per heavy atom. The topological polar surface area (TPSA) is 83.8 Å². The summed E-state index contributed by atoms with van der Waals surface area (Å²) in [7, 11) is 1.60. The van der Waals surface area contributed by atoms with E-state index in [9.17, 15) is 14.3 Å². The predicted molar refractivity (Wildman–Crippen MR) is 131 cm³/mol. The fourth-order valence-electron chi connectivity index (χ4n) is 7.12. The lowest BCUT2D eigenvalue weighted by Gasteiger charge is -2.50. The van der Waals surface area contributed by atoms with Crippen molar-refractivity contribution < 1.29 is 19.1 Å². The molecule has 0 bridgehead atoms. The maximum absolute atomic E-state index is 14.7. The number of rotatable bonds is 5. The third-order valence-electron chi connectivity index (χ3n) is 8.51. The third-order valence-corrected chi connectivity index (χ3v) is 9.34. The maximum atomic E-state index is 14.7. The van der Waals surface area contributed by atoms with E-state index in [0.717, 1.165) is 48.3 Å². The van der Waals surface area contributed by atoms with E-state index < -0.39 is 5.82 Å². The van der Waals surface area contributed by atoms with Gasteiger partial charge in [-0.15, -0.1) is 11.3 Å². The van der Waals surface area contributed by atoms with E-state index in [1.54, 1.807) is 13.3 Å². The van der Waals surface area contributed by atoms with E-state index in [4.69, 9.17) is 4.84 Å². The summed E-state index contributed by atoms with van der Waals surface area (Å²) >= 11 is 1.48. The molecule has 3 aliphatic carbocycles. The number of phenols is 1. The van der Waals surface area contributed by atoms with Crippen molar-refractivity contribution in [1.82, 2.24) is 4.98 Å². The molecule has 2 saturated carbocycles. The molecule has 5 unspecified atom stereocenters. The quantitative estimate of drug-likeness (QED) is 0.524. The van der Waals surface area contributed by atoms with Crippen molar-refractivity contribution in [2.24, 2.45) is 28.3 Å². The first-order valence-corrected chi connectivity index (χ1v) is 13.0. The van der Waals surface area contributed by atoms with Crippen LogP contribution in [-0.2, 0) is 16.1 Å². The van der Waals surface area contributed by atoms with Crippen molar-refractivity contribution in [3.63, 3.8) is 0 Å². The number of phenolic OH excluding ortho intramolecular Hbond substituents is 1. The molecule has 1 aromatic carbocycles. The van der Waals surface area contributed by atoms with Gasteiger partial charge in [-0.3, -0.25) is 4.79 Å². The van der Waals surface area contributed by atoms with Gasteiger partial charge in [0.2, 0.25) is 5.91 Å². The van der Waals surface area contributed by atoms with Crippen molar-refractivity contribution in [2.75, 3.05) is 12.4 Å². The maximum Gasteiger partial charge on any atom is 0.226 e. The van der Waals surface area contributed by atoms with E-state index in [1.165, 1.54) is 17.4 Å². The summed E-state index contributed by atoms with van der Waals surface area (Å²) in [5, 5.41) is 17.9. The number of carbonyl (C=O) groups is 1. The number of benzene rings is 1. The molecule has 5 rings (SSSR count). The number of fused-ring (bicyclic) bond motifs is 5. The minimum absolute atomic E-state index is 0.00733. The fourth-order valence-corrected chi connectivity index (χ4v) is 7.80. The summed E-state index contributed by atoms with van der Waals surface area (Å²) in [5.74, 6) is 0.629. The molecule has 1 amide bonds. The van der Waals surface area contributed by atoms with Crippen molar-refractivity contribution in [3.8, 4) is 5.75 Å². The first kappa shape index (κ1) is 23.3. The molecule has 5 atom stereocenters. The number of nitrogens with zero attached hydrogens (tertiary/aromatic N) is 2. The Bertz CT molecular complexity index is 1130. The first-order valence-electron chi connectivity index (χ1n) is 12.1. The number of aromatic hydroxyl groups is 1. The van der Waals surface area contributed by atoms with Gasteiger partial charge in [0.15, 0.2) is 16.7 Å². The molecule has 0 radical (unpaired) electrons. The second kappa shape index (κ2) is 8.95. The molecule has 34 heavy (non-hydrogen) atoms. The average Bonchev–Trinajstić information content (AvgIpc) is 3.34. The van der Waals surface area contributed by atoms with Gasteiger partial charge in [-0.2, -0.15) is 0 Å². The van der Waals surface area contributed by atoms with Crippen LogP contribution in [0.3, 0.4) is 0 Å². The summed E-state index contributed by atoms with van der Waals surface area (Å²) in [5.41, 5.74) is 2.77. The van der Waals surface area contributed by atoms with Crippen molar-refractivity contribution in [2.45, 2.75) is 64.7 Å². The number of halogens is 1. The zero-order chi connectivity index (χ0) is 24.0. The Balaban J connectivity index is 1.39. The molecule has 0 saturated heterocycles. The number of aromatic nitrogens is 1. The number of thiazole rings is 1. The van der Waals surface area contributed by atoms with Gasteiger partial charge in [-0.25, -0.2) is 9.37 Å². The van der Waals surface area contributed by atoms with Gasteiger partial charge in [0, 0.05) is 22.9 Å². The van der Waals surface area contributed by atoms with Crippen LogP contribution < -0.4 is 5.32 Å². The molecule has 2 aromatic rings. The SMILES string of the molecule is CO/N=C1\CC(CCC(=O)Nc2ncc(C)s2)C2C3CCc4c(ccc(O)c4F)C3CCC12C. The lowest BCUT2D eigenvalue weighted by atomic mass is 9.54. The smallest absolute Gasteiger partial charge is 0.226 e. The lowest BCUT2D eigenvalue weighted by molar-refractivity contribution is -0.116.